The zero-order valence-corrected chi connectivity index (χ0v) is 18.7. The van der Waals surface area contributed by atoms with E-state index in [4.69, 9.17) is 5.73 Å². The van der Waals surface area contributed by atoms with E-state index in [1.54, 1.807) is 4.90 Å². The molecule has 2 saturated heterocycles. The number of amides is 1. The number of alkyl halides is 3. The lowest BCUT2D eigenvalue weighted by Gasteiger charge is -2.31. The maximum Gasteiger partial charge on any atom is 0.416 e. The van der Waals surface area contributed by atoms with E-state index in [0.717, 1.165) is 44.5 Å². The van der Waals surface area contributed by atoms with E-state index in [2.05, 4.69) is 15.3 Å². The molecular weight excluding hydrogens is 452 g/mol. The van der Waals surface area contributed by atoms with Gasteiger partial charge in [-0.15, -0.1) is 0 Å². The first-order valence-electron chi connectivity index (χ1n) is 11.4. The molecule has 1 aromatic heterocycles. The van der Waals surface area contributed by atoms with Crippen LogP contribution in [0.15, 0.2) is 30.6 Å². The van der Waals surface area contributed by atoms with Crippen molar-refractivity contribution in [1.82, 2.24) is 14.9 Å². The molecule has 2 aromatic rings. The number of halogens is 4. The number of benzene rings is 1. The average molecular weight is 481 g/mol. The van der Waals surface area contributed by atoms with Gasteiger partial charge in [-0.3, -0.25) is 9.69 Å². The van der Waals surface area contributed by atoms with Crippen molar-refractivity contribution in [1.29, 1.82) is 0 Å². The van der Waals surface area contributed by atoms with Crippen molar-refractivity contribution in [3.8, 4) is 0 Å². The van der Waals surface area contributed by atoms with Crippen molar-refractivity contribution in [2.45, 2.75) is 37.9 Å². The fourth-order valence-corrected chi connectivity index (χ4v) is 4.76. The van der Waals surface area contributed by atoms with Crippen LogP contribution in [0.25, 0.3) is 0 Å². The van der Waals surface area contributed by atoms with Gasteiger partial charge < -0.3 is 16.0 Å². The molecule has 0 aliphatic carbocycles. The number of piperidine rings is 1. The van der Waals surface area contributed by atoms with Crippen molar-refractivity contribution in [3.63, 3.8) is 0 Å². The number of hydrogen-bond acceptors (Lipinski definition) is 6. The van der Waals surface area contributed by atoms with E-state index < -0.39 is 17.6 Å². The van der Waals surface area contributed by atoms with Crippen molar-refractivity contribution in [2.75, 3.05) is 42.9 Å². The van der Waals surface area contributed by atoms with Crippen LogP contribution in [0.1, 0.15) is 42.9 Å². The minimum atomic E-state index is -4.40. The van der Waals surface area contributed by atoms with Gasteiger partial charge in [0.25, 0.3) is 0 Å². The standard InChI is InChI=1S/C23H28F4N6O/c24-20-21(29-12-15-7-10-32(11-8-15)13-19(28)34)30-14-31-22(20)33-9-1-2-18(33)16-3-5-17(6-4-16)23(25,26)27/h3-6,14-15,18H,1-2,7-13H2,(H2,28,34)(H,29,30,31)/t18-/m1/s1. The molecule has 184 valence electrons. The van der Waals surface area contributed by atoms with E-state index in [1.807, 2.05) is 4.90 Å². The Morgan fingerprint density at radius 2 is 1.79 bits per heavy atom. The predicted octanol–water partition coefficient (Wildman–Crippen LogP) is 3.59. The first kappa shape index (κ1) is 24.2. The molecule has 2 aliphatic rings. The van der Waals surface area contributed by atoms with Crippen LogP contribution in [0.3, 0.4) is 0 Å². The maximum atomic E-state index is 15.4. The van der Waals surface area contributed by atoms with Gasteiger partial charge in [0.15, 0.2) is 11.6 Å². The van der Waals surface area contributed by atoms with Crippen LogP contribution in [-0.4, -0.2) is 53.5 Å². The third-order valence-electron chi connectivity index (χ3n) is 6.56. The highest BCUT2D eigenvalue weighted by molar-refractivity contribution is 5.75. The minimum Gasteiger partial charge on any atom is -0.369 e. The number of primary amides is 1. The second-order valence-corrected chi connectivity index (χ2v) is 8.90. The molecule has 0 bridgehead atoms. The fourth-order valence-electron chi connectivity index (χ4n) is 4.76. The van der Waals surface area contributed by atoms with E-state index in [1.165, 1.54) is 18.5 Å². The van der Waals surface area contributed by atoms with Crippen molar-refractivity contribution < 1.29 is 22.4 Å². The Labute approximate surface area is 195 Å². The first-order chi connectivity index (χ1) is 16.2. The molecule has 7 nitrogen and oxygen atoms in total. The predicted molar refractivity (Wildman–Crippen MR) is 120 cm³/mol. The third-order valence-corrected chi connectivity index (χ3v) is 6.56. The average Bonchev–Trinajstić information content (AvgIpc) is 3.28. The number of rotatable bonds is 7. The molecule has 0 radical (unpaired) electrons. The number of carbonyl (C=O) groups excluding carboxylic acids is 1. The van der Waals surface area contributed by atoms with Gasteiger partial charge in [0.2, 0.25) is 11.7 Å². The largest absolute Gasteiger partial charge is 0.416 e. The molecule has 0 saturated carbocycles. The molecule has 3 N–H and O–H groups in total. The Kier molecular flexibility index (Phi) is 7.20. The summed E-state index contributed by atoms with van der Waals surface area (Å²) in [6.45, 7) is 2.86. The van der Waals surface area contributed by atoms with Crippen LogP contribution < -0.4 is 16.0 Å². The van der Waals surface area contributed by atoms with E-state index >= 15 is 4.39 Å². The highest BCUT2D eigenvalue weighted by Crippen LogP contribution is 2.38. The number of nitrogens with zero attached hydrogens (tertiary/aromatic N) is 4. The topological polar surface area (TPSA) is 87.4 Å². The SMILES string of the molecule is NC(=O)CN1CCC(CNc2ncnc(N3CCC[C@@H]3c3ccc(C(F)(F)F)cc3)c2F)CC1. The first-order valence-corrected chi connectivity index (χ1v) is 11.4. The molecule has 3 heterocycles. The molecule has 11 heteroatoms. The highest BCUT2D eigenvalue weighted by Gasteiger charge is 2.33. The van der Waals surface area contributed by atoms with Crippen LogP contribution in [0.4, 0.5) is 29.2 Å². The lowest BCUT2D eigenvalue weighted by atomic mass is 9.97. The van der Waals surface area contributed by atoms with Gasteiger partial charge in [-0.25, -0.2) is 9.97 Å². The summed E-state index contributed by atoms with van der Waals surface area (Å²) in [7, 11) is 0. The Balaban J connectivity index is 1.41. The van der Waals surface area contributed by atoms with E-state index in [0.29, 0.717) is 31.0 Å². The quantitative estimate of drug-likeness (QED) is 0.589. The van der Waals surface area contributed by atoms with Crippen LogP contribution >= 0.6 is 0 Å². The molecule has 4 rings (SSSR count). The van der Waals surface area contributed by atoms with Gasteiger partial charge in [-0.1, -0.05) is 12.1 Å². The molecule has 0 unspecified atom stereocenters. The molecule has 1 aromatic carbocycles. The molecule has 34 heavy (non-hydrogen) atoms. The lowest BCUT2D eigenvalue weighted by molar-refractivity contribution is -0.137. The molecule has 2 aliphatic heterocycles. The van der Waals surface area contributed by atoms with Gasteiger partial charge in [0, 0.05) is 13.1 Å². The number of nitrogens with two attached hydrogens (primary N) is 1. The molecular formula is C23H28F4N6O. The van der Waals surface area contributed by atoms with Crippen LogP contribution in [0, 0.1) is 11.7 Å². The molecule has 1 amide bonds. The van der Waals surface area contributed by atoms with Gasteiger partial charge in [0.05, 0.1) is 18.2 Å². The number of likely N-dealkylation sites (tertiary alicyclic amines) is 1. The lowest BCUT2D eigenvalue weighted by Crippen LogP contribution is -2.40. The van der Waals surface area contributed by atoms with E-state index in [-0.39, 0.29) is 30.1 Å². The van der Waals surface area contributed by atoms with Gasteiger partial charge >= 0.3 is 6.18 Å². The zero-order valence-electron chi connectivity index (χ0n) is 18.7. The zero-order chi connectivity index (χ0) is 24.3. The molecule has 1 atom stereocenters. The van der Waals surface area contributed by atoms with Crippen molar-refractivity contribution >= 4 is 17.5 Å². The van der Waals surface area contributed by atoms with Crippen LogP contribution in [-0.2, 0) is 11.0 Å². The summed E-state index contributed by atoms with van der Waals surface area (Å²) >= 11 is 0. The van der Waals surface area contributed by atoms with Crippen molar-refractivity contribution in [2.24, 2.45) is 11.7 Å². The summed E-state index contributed by atoms with van der Waals surface area (Å²) in [6.07, 6.45) is 0.108. The number of aromatic nitrogens is 2. The Bertz CT molecular complexity index is 992. The summed E-state index contributed by atoms with van der Waals surface area (Å²) in [5, 5.41) is 3.09. The summed E-state index contributed by atoms with van der Waals surface area (Å²) in [5.41, 5.74) is 5.24. The Morgan fingerprint density at radius 1 is 1.09 bits per heavy atom. The second kappa shape index (κ2) is 10.1. The molecule has 0 spiro atoms. The minimum absolute atomic E-state index is 0.114. The van der Waals surface area contributed by atoms with Gasteiger partial charge in [-0.2, -0.15) is 17.6 Å². The number of carbonyl (C=O) groups is 1. The number of anilines is 2. The van der Waals surface area contributed by atoms with Crippen LogP contribution in [0.2, 0.25) is 0 Å². The third kappa shape index (κ3) is 5.57. The smallest absolute Gasteiger partial charge is 0.369 e. The summed E-state index contributed by atoms with van der Waals surface area (Å²) in [6, 6.07) is 4.77. The summed E-state index contributed by atoms with van der Waals surface area (Å²) in [4.78, 5) is 23.1. The fraction of sp³-hybridized carbons (Fsp3) is 0.522. The van der Waals surface area contributed by atoms with Gasteiger partial charge in [-0.05, 0) is 62.4 Å². The summed E-state index contributed by atoms with van der Waals surface area (Å²) in [5.74, 6) is -0.330. The van der Waals surface area contributed by atoms with Crippen LogP contribution in [0.5, 0.6) is 0 Å². The van der Waals surface area contributed by atoms with Gasteiger partial charge in [0.1, 0.15) is 6.33 Å². The normalized spacial score (nSPS) is 20.0. The molecule has 2 fully saturated rings. The second-order valence-electron chi connectivity index (χ2n) is 8.90. The number of hydrogen-bond donors (Lipinski definition) is 2. The monoisotopic (exact) mass is 480 g/mol. The highest BCUT2D eigenvalue weighted by atomic mass is 19.4. The van der Waals surface area contributed by atoms with E-state index in [9.17, 15) is 18.0 Å². The number of nitrogens with one attached hydrogen (secondary N) is 1. The summed E-state index contributed by atoms with van der Waals surface area (Å²) < 4.78 is 54.1. The maximum absolute atomic E-state index is 15.4. The van der Waals surface area contributed by atoms with Crippen molar-refractivity contribution in [3.05, 3.63) is 47.5 Å². The Hall–Kier alpha value is -2.95. The Morgan fingerprint density at radius 3 is 2.44 bits per heavy atom.